The maximum Gasteiger partial charge on any atom is 0.330 e. The summed E-state index contributed by atoms with van der Waals surface area (Å²) in [4.78, 5) is 23.4. The fourth-order valence-corrected chi connectivity index (χ4v) is 7.53. The minimum atomic E-state index is -0.256. The van der Waals surface area contributed by atoms with Gasteiger partial charge in [0.2, 0.25) is 0 Å². The van der Waals surface area contributed by atoms with E-state index in [-0.39, 0.29) is 17.2 Å². The Kier molecular flexibility index (Phi) is 4.92. The van der Waals surface area contributed by atoms with Crippen molar-refractivity contribution in [2.75, 3.05) is 7.11 Å². The average Bonchev–Trinajstić information content (AvgIpc) is 3.03. The zero-order chi connectivity index (χ0) is 20.1. The van der Waals surface area contributed by atoms with Gasteiger partial charge in [-0.1, -0.05) is 38.5 Å². The summed E-state index contributed by atoms with van der Waals surface area (Å²) in [6.07, 6.45) is 17.0. The van der Waals surface area contributed by atoms with Crippen molar-refractivity contribution in [1.82, 2.24) is 0 Å². The third-order valence-corrected chi connectivity index (χ3v) is 9.00. The monoisotopic (exact) mass is 382 g/mol. The number of ether oxygens (including phenoxy) is 1. The zero-order valence-corrected chi connectivity index (χ0v) is 17.7. The molecular formula is C25H34O3. The molecule has 152 valence electrons. The molecule has 4 rings (SSSR count). The first-order chi connectivity index (χ1) is 13.3. The first kappa shape index (κ1) is 19.7. The summed E-state index contributed by atoms with van der Waals surface area (Å²) >= 11 is 0. The van der Waals surface area contributed by atoms with E-state index < -0.39 is 0 Å². The van der Waals surface area contributed by atoms with E-state index in [4.69, 9.17) is 4.74 Å². The lowest BCUT2D eigenvalue weighted by Gasteiger charge is -2.57. The molecule has 3 heteroatoms. The van der Waals surface area contributed by atoms with Gasteiger partial charge >= 0.3 is 5.97 Å². The molecule has 3 saturated carbocycles. The third kappa shape index (κ3) is 2.93. The molecule has 0 aliphatic heterocycles. The van der Waals surface area contributed by atoms with Crippen LogP contribution >= 0.6 is 0 Å². The number of rotatable bonds is 3. The van der Waals surface area contributed by atoms with E-state index in [0.29, 0.717) is 23.2 Å². The average molecular weight is 383 g/mol. The van der Waals surface area contributed by atoms with E-state index in [0.717, 1.165) is 18.3 Å². The SMILES string of the molecule is COC(=O)/C=C/C(C)[C@H]1CC[C@H]2[C@@H]3CCC4=CC(=O)C=C[C@]4(C)[C@H]3CC[C@]12C. The molecule has 0 spiro atoms. The second kappa shape index (κ2) is 7.00. The molecule has 7 atom stereocenters. The van der Waals surface area contributed by atoms with Gasteiger partial charge in [-0.2, -0.15) is 0 Å². The van der Waals surface area contributed by atoms with E-state index in [1.54, 1.807) is 12.2 Å². The largest absolute Gasteiger partial charge is 0.466 e. The Bertz CT molecular complexity index is 760. The molecule has 3 fully saturated rings. The van der Waals surface area contributed by atoms with Gasteiger partial charge in [-0.05, 0) is 85.7 Å². The molecule has 0 amide bonds. The van der Waals surface area contributed by atoms with Crippen LogP contribution in [0.25, 0.3) is 0 Å². The van der Waals surface area contributed by atoms with E-state index in [1.807, 2.05) is 6.08 Å². The Morgan fingerprint density at radius 3 is 2.75 bits per heavy atom. The van der Waals surface area contributed by atoms with Gasteiger partial charge in [0, 0.05) is 11.5 Å². The van der Waals surface area contributed by atoms with Crippen LogP contribution in [0.15, 0.2) is 36.0 Å². The van der Waals surface area contributed by atoms with Crippen molar-refractivity contribution in [3.63, 3.8) is 0 Å². The van der Waals surface area contributed by atoms with Crippen LogP contribution in [0.2, 0.25) is 0 Å². The van der Waals surface area contributed by atoms with Gasteiger partial charge < -0.3 is 4.74 Å². The molecule has 1 unspecified atom stereocenters. The summed E-state index contributed by atoms with van der Waals surface area (Å²) in [6, 6.07) is 0. The number of carbonyl (C=O) groups is 2. The van der Waals surface area contributed by atoms with Crippen LogP contribution < -0.4 is 0 Å². The van der Waals surface area contributed by atoms with Crippen LogP contribution in [0, 0.1) is 40.4 Å². The second-order valence-electron chi connectivity index (χ2n) is 10.1. The zero-order valence-electron chi connectivity index (χ0n) is 17.7. The molecule has 28 heavy (non-hydrogen) atoms. The Hall–Kier alpha value is -1.64. The number of hydrogen-bond acceptors (Lipinski definition) is 3. The fourth-order valence-electron chi connectivity index (χ4n) is 7.53. The quantitative estimate of drug-likeness (QED) is 0.493. The highest BCUT2D eigenvalue weighted by Crippen LogP contribution is 2.66. The highest BCUT2D eigenvalue weighted by atomic mass is 16.5. The van der Waals surface area contributed by atoms with Crippen LogP contribution in [0.5, 0.6) is 0 Å². The first-order valence-electron chi connectivity index (χ1n) is 11.0. The van der Waals surface area contributed by atoms with Crippen LogP contribution in [0.3, 0.4) is 0 Å². The van der Waals surface area contributed by atoms with Gasteiger partial charge in [0.1, 0.15) is 0 Å². The molecule has 4 aliphatic rings. The van der Waals surface area contributed by atoms with Crippen LogP contribution in [-0.4, -0.2) is 18.9 Å². The predicted octanol–water partition coefficient (Wildman–Crippen LogP) is 5.28. The van der Waals surface area contributed by atoms with Crippen molar-refractivity contribution in [3.8, 4) is 0 Å². The Morgan fingerprint density at radius 2 is 2.00 bits per heavy atom. The van der Waals surface area contributed by atoms with Crippen molar-refractivity contribution in [3.05, 3.63) is 36.0 Å². The first-order valence-corrected chi connectivity index (χ1v) is 11.0. The highest BCUT2D eigenvalue weighted by Gasteiger charge is 2.58. The molecule has 0 heterocycles. The van der Waals surface area contributed by atoms with Gasteiger partial charge in [-0.25, -0.2) is 4.79 Å². The lowest BCUT2D eigenvalue weighted by Crippen LogP contribution is -2.50. The maximum atomic E-state index is 11.9. The van der Waals surface area contributed by atoms with Crippen molar-refractivity contribution >= 4 is 11.8 Å². The van der Waals surface area contributed by atoms with Crippen molar-refractivity contribution < 1.29 is 14.3 Å². The number of methoxy groups -OCH3 is 1. The molecule has 0 radical (unpaired) electrons. The summed E-state index contributed by atoms with van der Waals surface area (Å²) in [5.41, 5.74) is 1.80. The van der Waals surface area contributed by atoms with Gasteiger partial charge in [0.25, 0.3) is 0 Å². The minimum Gasteiger partial charge on any atom is -0.466 e. The lowest BCUT2D eigenvalue weighted by molar-refractivity contribution is -0.134. The molecule has 3 nitrogen and oxygen atoms in total. The second-order valence-corrected chi connectivity index (χ2v) is 10.1. The van der Waals surface area contributed by atoms with E-state index in [9.17, 15) is 9.59 Å². The van der Waals surface area contributed by atoms with Gasteiger partial charge in [-0.3, -0.25) is 4.79 Å². The number of ketones is 1. The van der Waals surface area contributed by atoms with E-state index >= 15 is 0 Å². The summed E-state index contributed by atoms with van der Waals surface area (Å²) < 4.78 is 4.77. The summed E-state index contributed by atoms with van der Waals surface area (Å²) in [6.45, 7) is 7.15. The Labute approximate surface area is 169 Å². The third-order valence-electron chi connectivity index (χ3n) is 9.00. The Balaban J connectivity index is 1.56. The van der Waals surface area contributed by atoms with Gasteiger partial charge in [-0.15, -0.1) is 0 Å². The lowest BCUT2D eigenvalue weighted by atomic mass is 9.47. The number of fused-ring (bicyclic) bond motifs is 5. The molecular weight excluding hydrogens is 348 g/mol. The number of hydrogen-bond donors (Lipinski definition) is 0. The van der Waals surface area contributed by atoms with Gasteiger partial charge in [0.05, 0.1) is 7.11 Å². The standard InChI is InChI=1S/C25H34O3/c1-16(5-10-23(27)28-4)20-8-9-21-19-7-6-17-15-18(26)11-13-24(17,2)22(19)12-14-25(20,21)3/h5,10-11,13,15-16,19-22H,6-9,12,14H2,1-4H3/b10-5+/t16?,19-,20+,21-,22-,24-,25+/m0/s1. The number of allylic oxidation sites excluding steroid dienone is 5. The maximum absolute atomic E-state index is 11.9. The van der Waals surface area contributed by atoms with Crippen molar-refractivity contribution in [2.45, 2.75) is 59.3 Å². The molecule has 0 N–H and O–H groups in total. The number of carbonyl (C=O) groups excluding carboxylic acids is 2. The smallest absolute Gasteiger partial charge is 0.330 e. The van der Waals surface area contributed by atoms with Crippen molar-refractivity contribution in [1.29, 1.82) is 0 Å². The molecule has 0 saturated heterocycles. The van der Waals surface area contributed by atoms with Crippen LogP contribution in [-0.2, 0) is 14.3 Å². The topological polar surface area (TPSA) is 43.4 Å². The fraction of sp³-hybridized carbons (Fsp3) is 0.680. The normalized spacial score (nSPS) is 43.1. The van der Waals surface area contributed by atoms with Crippen LogP contribution in [0.1, 0.15) is 59.3 Å². The number of esters is 1. The summed E-state index contributed by atoms with van der Waals surface area (Å²) in [5, 5.41) is 0. The summed E-state index contributed by atoms with van der Waals surface area (Å²) in [7, 11) is 1.44. The highest BCUT2D eigenvalue weighted by molar-refractivity contribution is 6.01. The van der Waals surface area contributed by atoms with Crippen LogP contribution in [0.4, 0.5) is 0 Å². The molecule has 0 aromatic heterocycles. The molecule has 0 aromatic carbocycles. The summed E-state index contributed by atoms with van der Waals surface area (Å²) in [5.74, 6) is 3.11. The van der Waals surface area contributed by atoms with Crippen molar-refractivity contribution in [2.24, 2.45) is 40.4 Å². The van der Waals surface area contributed by atoms with Gasteiger partial charge in [0.15, 0.2) is 5.78 Å². The molecule has 0 bridgehead atoms. The van der Waals surface area contributed by atoms with E-state index in [1.165, 1.54) is 44.8 Å². The van der Waals surface area contributed by atoms with E-state index in [2.05, 4.69) is 32.9 Å². The predicted molar refractivity (Wildman–Crippen MR) is 110 cm³/mol. The molecule has 0 aromatic rings. The molecule has 4 aliphatic carbocycles. The minimum absolute atomic E-state index is 0.0760. The Morgan fingerprint density at radius 1 is 1.21 bits per heavy atom.